The molecule has 3 amide bonds. The van der Waals surface area contributed by atoms with E-state index in [1.54, 1.807) is 11.9 Å². The zero-order valence-corrected chi connectivity index (χ0v) is 21.4. The summed E-state index contributed by atoms with van der Waals surface area (Å²) < 4.78 is 0. The minimum Gasteiger partial charge on any atom is -0.369 e. The van der Waals surface area contributed by atoms with Crippen molar-refractivity contribution in [3.63, 3.8) is 0 Å². The van der Waals surface area contributed by atoms with E-state index in [2.05, 4.69) is 43.9 Å². The topological polar surface area (TPSA) is 104 Å². The van der Waals surface area contributed by atoms with Gasteiger partial charge in [-0.3, -0.25) is 10.2 Å². The first-order chi connectivity index (χ1) is 17.4. The first kappa shape index (κ1) is 25.5. The van der Waals surface area contributed by atoms with Crippen LogP contribution in [0.1, 0.15) is 23.6 Å². The third kappa shape index (κ3) is 5.96. The van der Waals surface area contributed by atoms with E-state index in [1.807, 2.05) is 38.2 Å². The number of amides is 3. The maximum atomic E-state index is 12.3. The molecular formula is C27H37N7O2. The predicted octanol–water partition coefficient (Wildman–Crippen LogP) is 1.65. The highest BCUT2D eigenvalue weighted by molar-refractivity contribution is 6.12. The predicted molar refractivity (Wildman–Crippen MR) is 145 cm³/mol. The lowest BCUT2D eigenvalue weighted by atomic mass is 9.93. The zero-order chi connectivity index (χ0) is 25.7. The highest BCUT2D eigenvalue weighted by atomic mass is 16.2. The van der Waals surface area contributed by atoms with E-state index in [1.165, 1.54) is 5.69 Å². The first-order valence-electron chi connectivity index (χ1n) is 12.6. The van der Waals surface area contributed by atoms with E-state index in [-0.39, 0.29) is 18.0 Å². The van der Waals surface area contributed by atoms with Crippen LogP contribution in [0, 0.1) is 5.41 Å². The van der Waals surface area contributed by atoms with E-state index in [9.17, 15) is 9.59 Å². The van der Waals surface area contributed by atoms with Crippen molar-refractivity contribution in [3.8, 4) is 0 Å². The highest BCUT2D eigenvalue weighted by Crippen LogP contribution is 2.25. The van der Waals surface area contributed by atoms with Crippen LogP contribution in [-0.4, -0.2) is 88.5 Å². The van der Waals surface area contributed by atoms with Crippen LogP contribution in [0.3, 0.4) is 0 Å². The Bertz CT molecular complexity index is 1100. The van der Waals surface area contributed by atoms with Crippen molar-refractivity contribution >= 4 is 29.0 Å². The summed E-state index contributed by atoms with van der Waals surface area (Å²) >= 11 is 0. The van der Waals surface area contributed by atoms with Gasteiger partial charge in [-0.25, -0.2) is 4.79 Å². The Labute approximate surface area is 213 Å². The zero-order valence-electron chi connectivity index (χ0n) is 21.4. The van der Waals surface area contributed by atoms with E-state index < -0.39 is 0 Å². The van der Waals surface area contributed by atoms with Gasteiger partial charge in [0.05, 0.1) is 12.3 Å². The van der Waals surface area contributed by atoms with Crippen molar-refractivity contribution in [1.29, 1.82) is 5.41 Å². The molecule has 36 heavy (non-hydrogen) atoms. The standard InChI is InChI=1S/C27H37N7O2/c1-19(31-27(36)29-2)16-21-17-23(34-15-14-32(3)25(35)18-34)8-9-24(21)26(28)20-4-6-22(7-5-20)33-12-10-30-11-13-33/h4-9,17,19,28,30H,10-16,18H2,1-3H3,(H2,29,31,36). The van der Waals surface area contributed by atoms with Crippen LogP contribution in [-0.2, 0) is 11.2 Å². The molecule has 0 radical (unpaired) electrons. The average molecular weight is 492 g/mol. The van der Waals surface area contributed by atoms with Gasteiger partial charge < -0.3 is 30.7 Å². The molecule has 2 aliphatic heterocycles. The fourth-order valence-electron chi connectivity index (χ4n) is 4.76. The van der Waals surface area contributed by atoms with Gasteiger partial charge in [-0.1, -0.05) is 18.2 Å². The molecule has 0 aliphatic carbocycles. The van der Waals surface area contributed by atoms with Crippen molar-refractivity contribution in [2.24, 2.45) is 0 Å². The fourth-order valence-corrected chi connectivity index (χ4v) is 4.76. The van der Waals surface area contributed by atoms with Crippen molar-refractivity contribution < 1.29 is 9.59 Å². The molecule has 2 heterocycles. The molecule has 9 nitrogen and oxygen atoms in total. The maximum Gasteiger partial charge on any atom is 0.314 e. The number of carbonyl (C=O) groups is 2. The van der Waals surface area contributed by atoms with Crippen molar-refractivity contribution in [2.45, 2.75) is 19.4 Å². The van der Waals surface area contributed by atoms with Gasteiger partial charge in [0, 0.05) is 81.9 Å². The second-order valence-corrected chi connectivity index (χ2v) is 9.57. The normalized spacial score (nSPS) is 17.1. The number of carbonyl (C=O) groups excluding carboxylic acids is 2. The molecular weight excluding hydrogens is 454 g/mol. The molecule has 9 heteroatoms. The summed E-state index contributed by atoms with van der Waals surface area (Å²) in [7, 11) is 3.42. The Morgan fingerprint density at radius 3 is 2.39 bits per heavy atom. The fraction of sp³-hybridized carbons (Fsp3) is 0.444. The first-order valence-corrected chi connectivity index (χ1v) is 12.6. The van der Waals surface area contributed by atoms with Crippen LogP contribution >= 0.6 is 0 Å². The molecule has 2 aromatic rings. The molecule has 1 unspecified atom stereocenters. The van der Waals surface area contributed by atoms with Crippen LogP contribution in [0.25, 0.3) is 0 Å². The Morgan fingerprint density at radius 2 is 1.72 bits per heavy atom. The Balaban J connectivity index is 1.59. The summed E-state index contributed by atoms with van der Waals surface area (Å²) in [5.74, 6) is 0.0962. The summed E-state index contributed by atoms with van der Waals surface area (Å²) in [5, 5.41) is 17.9. The van der Waals surface area contributed by atoms with E-state index in [4.69, 9.17) is 5.41 Å². The number of anilines is 2. The largest absolute Gasteiger partial charge is 0.369 e. The Morgan fingerprint density at radius 1 is 1.03 bits per heavy atom. The summed E-state index contributed by atoms with van der Waals surface area (Å²) in [6, 6.07) is 13.9. The second-order valence-electron chi connectivity index (χ2n) is 9.57. The molecule has 0 bridgehead atoms. The van der Waals surface area contributed by atoms with Gasteiger partial charge in [0.2, 0.25) is 5.91 Å². The third-order valence-electron chi connectivity index (χ3n) is 6.95. The molecule has 0 aromatic heterocycles. The summed E-state index contributed by atoms with van der Waals surface area (Å²) in [6.07, 6.45) is 0.569. The number of urea groups is 1. The summed E-state index contributed by atoms with van der Waals surface area (Å²) in [6.45, 7) is 7.66. The lowest BCUT2D eigenvalue weighted by molar-refractivity contribution is -0.129. The number of hydrogen-bond donors (Lipinski definition) is 4. The van der Waals surface area contributed by atoms with Gasteiger partial charge in [0.15, 0.2) is 0 Å². The highest BCUT2D eigenvalue weighted by Gasteiger charge is 2.23. The lowest BCUT2D eigenvalue weighted by Crippen LogP contribution is -2.48. The van der Waals surface area contributed by atoms with Crippen LogP contribution in [0.5, 0.6) is 0 Å². The lowest BCUT2D eigenvalue weighted by Gasteiger charge is -2.34. The van der Waals surface area contributed by atoms with Crippen molar-refractivity contribution in [1.82, 2.24) is 20.9 Å². The van der Waals surface area contributed by atoms with Crippen molar-refractivity contribution in [3.05, 3.63) is 59.2 Å². The third-order valence-corrected chi connectivity index (χ3v) is 6.95. The quantitative estimate of drug-likeness (QED) is 0.441. The minimum atomic E-state index is -0.233. The molecule has 0 saturated carbocycles. The molecule has 2 aromatic carbocycles. The SMILES string of the molecule is CNC(=O)NC(C)Cc1cc(N2CCN(C)C(=O)C2)ccc1C(=N)c1ccc(N2CCNCC2)cc1. The number of benzene rings is 2. The molecule has 4 N–H and O–H groups in total. The maximum absolute atomic E-state index is 12.3. The van der Waals surface area contributed by atoms with Crippen LogP contribution < -0.4 is 25.8 Å². The molecule has 2 aliphatic rings. The number of piperazine rings is 2. The number of likely N-dealkylation sites (N-methyl/N-ethyl adjacent to an activating group) is 1. The van der Waals surface area contributed by atoms with Gasteiger partial charge in [-0.2, -0.15) is 0 Å². The number of nitrogens with one attached hydrogen (secondary N) is 4. The Kier molecular flexibility index (Phi) is 8.10. The second kappa shape index (κ2) is 11.4. The van der Waals surface area contributed by atoms with Crippen LogP contribution in [0.15, 0.2) is 42.5 Å². The van der Waals surface area contributed by atoms with E-state index in [0.717, 1.165) is 55.1 Å². The monoisotopic (exact) mass is 491 g/mol. The smallest absolute Gasteiger partial charge is 0.314 e. The number of rotatable bonds is 7. The Hall–Kier alpha value is -3.59. The summed E-state index contributed by atoms with van der Waals surface area (Å²) in [5.41, 5.74) is 5.24. The van der Waals surface area contributed by atoms with Gasteiger partial charge in [-0.05, 0) is 43.2 Å². The molecule has 2 fully saturated rings. The molecule has 4 rings (SSSR count). The van der Waals surface area contributed by atoms with Crippen LogP contribution in [0.2, 0.25) is 0 Å². The minimum absolute atomic E-state index is 0.0962. The molecule has 2 saturated heterocycles. The van der Waals surface area contributed by atoms with E-state index >= 15 is 0 Å². The van der Waals surface area contributed by atoms with Gasteiger partial charge in [0.25, 0.3) is 0 Å². The number of hydrogen-bond acceptors (Lipinski definition) is 6. The molecule has 1 atom stereocenters. The van der Waals surface area contributed by atoms with Gasteiger partial charge in [-0.15, -0.1) is 0 Å². The average Bonchev–Trinajstić information content (AvgIpc) is 2.90. The van der Waals surface area contributed by atoms with Crippen LogP contribution in [0.4, 0.5) is 16.2 Å². The molecule has 192 valence electrons. The van der Waals surface area contributed by atoms with Gasteiger partial charge in [0.1, 0.15) is 0 Å². The molecule has 0 spiro atoms. The van der Waals surface area contributed by atoms with Gasteiger partial charge >= 0.3 is 6.03 Å². The number of nitrogens with zero attached hydrogens (tertiary/aromatic N) is 3. The van der Waals surface area contributed by atoms with Crippen molar-refractivity contribution in [2.75, 3.05) is 69.7 Å². The van der Waals surface area contributed by atoms with E-state index in [0.29, 0.717) is 25.2 Å². The summed E-state index contributed by atoms with van der Waals surface area (Å²) in [4.78, 5) is 30.3.